The summed E-state index contributed by atoms with van der Waals surface area (Å²) in [5.41, 5.74) is -1.59. The summed E-state index contributed by atoms with van der Waals surface area (Å²) in [7, 11) is 0. The fraction of sp³-hybridized carbons (Fsp3) is 0.0625. The topological polar surface area (TPSA) is 50.4 Å². The highest BCUT2D eigenvalue weighted by atomic mass is 32.2. The van der Waals surface area contributed by atoms with Crippen LogP contribution in [0.1, 0.15) is 5.56 Å². The molecule has 3 aromatic rings. The summed E-state index contributed by atoms with van der Waals surface area (Å²) in [6.45, 7) is 0. The van der Waals surface area contributed by atoms with Gasteiger partial charge >= 0.3 is 11.8 Å². The van der Waals surface area contributed by atoms with Gasteiger partial charge in [-0.05, 0) is 24.3 Å². The third-order valence-electron chi connectivity index (χ3n) is 3.15. The van der Waals surface area contributed by atoms with Crippen LogP contribution in [-0.4, -0.2) is 5.11 Å². The fourth-order valence-electron chi connectivity index (χ4n) is 2.11. The number of alkyl halides is 3. The van der Waals surface area contributed by atoms with Gasteiger partial charge in [0.1, 0.15) is 16.2 Å². The Balaban J connectivity index is 2.15. The summed E-state index contributed by atoms with van der Waals surface area (Å²) < 4.78 is 44.1. The minimum atomic E-state index is -4.56. The maximum absolute atomic E-state index is 13.0. The Morgan fingerprint density at radius 3 is 2.39 bits per heavy atom. The SMILES string of the molecule is O=c1oc2ccccc2c(O)c1Sc1ccccc1C(F)(F)F. The van der Waals surface area contributed by atoms with Crippen molar-refractivity contribution in [1.29, 1.82) is 0 Å². The average molecular weight is 338 g/mol. The van der Waals surface area contributed by atoms with Crippen LogP contribution in [0.4, 0.5) is 13.2 Å². The molecule has 0 saturated heterocycles. The van der Waals surface area contributed by atoms with E-state index in [0.717, 1.165) is 6.07 Å². The summed E-state index contributed by atoms with van der Waals surface area (Å²) in [5, 5.41) is 10.5. The molecule has 0 aliphatic rings. The molecule has 23 heavy (non-hydrogen) atoms. The quantitative estimate of drug-likeness (QED) is 0.690. The van der Waals surface area contributed by atoms with Crippen molar-refractivity contribution in [2.45, 2.75) is 16.0 Å². The van der Waals surface area contributed by atoms with E-state index in [9.17, 15) is 23.1 Å². The second-order valence-corrected chi connectivity index (χ2v) is 5.71. The summed E-state index contributed by atoms with van der Waals surface area (Å²) >= 11 is 0.533. The lowest BCUT2D eigenvalue weighted by atomic mass is 10.2. The van der Waals surface area contributed by atoms with Gasteiger partial charge in [0.25, 0.3) is 0 Å². The van der Waals surface area contributed by atoms with Gasteiger partial charge in [-0.2, -0.15) is 13.2 Å². The largest absolute Gasteiger partial charge is 0.506 e. The van der Waals surface area contributed by atoms with Crippen molar-refractivity contribution in [3.8, 4) is 5.75 Å². The lowest BCUT2D eigenvalue weighted by Gasteiger charge is -2.12. The van der Waals surface area contributed by atoms with Crippen LogP contribution >= 0.6 is 11.8 Å². The summed E-state index contributed by atoms with van der Waals surface area (Å²) in [5.74, 6) is -0.390. The number of para-hydroxylation sites is 1. The standard InChI is InChI=1S/C16H9F3O3S/c17-16(18,19)10-6-2-4-8-12(10)23-14-13(20)9-5-1-3-7-11(9)22-15(14)21/h1-8,20H. The zero-order chi connectivity index (χ0) is 16.6. The van der Waals surface area contributed by atoms with E-state index in [-0.39, 0.29) is 26.5 Å². The van der Waals surface area contributed by atoms with Gasteiger partial charge in [-0.3, -0.25) is 0 Å². The smallest absolute Gasteiger partial charge is 0.417 e. The van der Waals surface area contributed by atoms with E-state index in [4.69, 9.17) is 4.42 Å². The lowest BCUT2D eigenvalue weighted by Crippen LogP contribution is -2.08. The van der Waals surface area contributed by atoms with E-state index < -0.39 is 17.4 Å². The number of benzene rings is 2. The molecule has 0 unspecified atom stereocenters. The third-order valence-corrected chi connectivity index (χ3v) is 4.29. The molecule has 3 nitrogen and oxygen atoms in total. The highest BCUT2D eigenvalue weighted by Gasteiger charge is 2.33. The highest BCUT2D eigenvalue weighted by molar-refractivity contribution is 7.99. The first-order valence-corrected chi connectivity index (χ1v) is 7.28. The Kier molecular flexibility index (Phi) is 3.81. The highest BCUT2D eigenvalue weighted by Crippen LogP contribution is 2.42. The Bertz CT molecular complexity index is 932. The average Bonchev–Trinajstić information content (AvgIpc) is 2.51. The van der Waals surface area contributed by atoms with Crippen LogP contribution in [-0.2, 0) is 6.18 Å². The zero-order valence-electron chi connectivity index (χ0n) is 11.4. The van der Waals surface area contributed by atoms with E-state index >= 15 is 0 Å². The maximum Gasteiger partial charge on any atom is 0.417 e. The Morgan fingerprint density at radius 1 is 1.00 bits per heavy atom. The van der Waals surface area contributed by atoms with Crippen molar-refractivity contribution in [2.75, 3.05) is 0 Å². The van der Waals surface area contributed by atoms with Crippen LogP contribution in [0, 0.1) is 0 Å². The Labute approximate surface area is 132 Å². The first kappa shape index (κ1) is 15.5. The van der Waals surface area contributed by atoms with Gasteiger partial charge in [0.2, 0.25) is 0 Å². The van der Waals surface area contributed by atoms with Gasteiger partial charge in [0.15, 0.2) is 0 Å². The second kappa shape index (κ2) is 5.66. The van der Waals surface area contributed by atoms with E-state index in [0.29, 0.717) is 11.8 Å². The fourth-order valence-corrected chi connectivity index (χ4v) is 3.10. The molecule has 0 spiro atoms. The summed E-state index contributed by atoms with van der Waals surface area (Å²) in [4.78, 5) is 11.5. The predicted molar refractivity (Wildman–Crippen MR) is 79.7 cm³/mol. The van der Waals surface area contributed by atoms with Gasteiger partial charge in [-0.1, -0.05) is 36.0 Å². The number of aromatic hydroxyl groups is 1. The van der Waals surface area contributed by atoms with Gasteiger partial charge in [-0.15, -0.1) is 0 Å². The molecular weight excluding hydrogens is 329 g/mol. The van der Waals surface area contributed by atoms with Crippen LogP contribution in [0.3, 0.4) is 0 Å². The third kappa shape index (κ3) is 2.92. The number of fused-ring (bicyclic) bond motifs is 1. The molecule has 1 aromatic heterocycles. The molecule has 0 bridgehead atoms. The lowest BCUT2D eigenvalue weighted by molar-refractivity contribution is -0.139. The molecule has 3 rings (SSSR count). The molecule has 0 atom stereocenters. The van der Waals surface area contributed by atoms with Crippen LogP contribution in [0.15, 0.2) is 67.5 Å². The van der Waals surface area contributed by atoms with Gasteiger partial charge in [0.05, 0.1) is 10.9 Å². The molecule has 0 aliphatic heterocycles. The summed E-state index contributed by atoms with van der Waals surface area (Å²) in [6, 6.07) is 11.1. The number of hydrogen-bond donors (Lipinski definition) is 1. The van der Waals surface area contributed by atoms with Crippen LogP contribution in [0.25, 0.3) is 11.0 Å². The molecule has 0 saturated carbocycles. The van der Waals surface area contributed by atoms with Crippen LogP contribution in [0.2, 0.25) is 0 Å². The Morgan fingerprint density at radius 2 is 1.65 bits per heavy atom. The van der Waals surface area contributed by atoms with Crippen molar-refractivity contribution < 1.29 is 22.7 Å². The van der Waals surface area contributed by atoms with Crippen LogP contribution in [0.5, 0.6) is 5.75 Å². The van der Waals surface area contributed by atoms with E-state index in [1.807, 2.05) is 0 Å². The van der Waals surface area contributed by atoms with E-state index in [2.05, 4.69) is 0 Å². The van der Waals surface area contributed by atoms with E-state index in [1.54, 1.807) is 12.1 Å². The van der Waals surface area contributed by atoms with Gasteiger partial charge in [0, 0.05) is 4.90 Å². The molecule has 0 amide bonds. The maximum atomic E-state index is 13.0. The van der Waals surface area contributed by atoms with Crippen molar-refractivity contribution in [3.05, 3.63) is 64.5 Å². The number of hydrogen-bond acceptors (Lipinski definition) is 4. The molecule has 1 N–H and O–H groups in total. The Hall–Kier alpha value is -2.41. The molecule has 0 aliphatic carbocycles. The van der Waals surface area contributed by atoms with E-state index in [1.165, 1.54) is 30.3 Å². The molecule has 1 heterocycles. The number of rotatable bonds is 2. The predicted octanol–water partition coefficient (Wildman–Crippen LogP) is 4.67. The van der Waals surface area contributed by atoms with Crippen molar-refractivity contribution in [3.63, 3.8) is 0 Å². The monoisotopic (exact) mass is 338 g/mol. The van der Waals surface area contributed by atoms with Crippen LogP contribution < -0.4 is 5.63 Å². The molecule has 2 aromatic carbocycles. The van der Waals surface area contributed by atoms with Gasteiger partial charge in [-0.25, -0.2) is 4.79 Å². The molecule has 7 heteroatoms. The minimum Gasteiger partial charge on any atom is -0.506 e. The molecule has 0 radical (unpaired) electrons. The van der Waals surface area contributed by atoms with Crippen molar-refractivity contribution in [2.24, 2.45) is 0 Å². The second-order valence-electron chi connectivity index (χ2n) is 4.66. The molecule has 0 fully saturated rings. The van der Waals surface area contributed by atoms with Crippen molar-refractivity contribution in [1.82, 2.24) is 0 Å². The first-order valence-electron chi connectivity index (χ1n) is 6.47. The first-order chi connectivity index (χ1) is 10.9. The minimum absolute atomic E-state index is 0.170. The summed E-state index contributed by atoms with van der Waals surface area (Å²) in [6.07, 6.45) is -4.56. The molecular formula is C16H9F3O3S. The van der Waals surface area contributed by atoms with Crippen molar-refractivity contribution >= 4 is 22.7 Å². The molecule has 118 valence electrons. The van der Waals surface area contributed by atoms with Gasteiger partial charge < -0.3 is 9.52 Å². The zero-order valence-corrected chi connectivity index (χ0v) is 12.2. The number of halogens is 3. The normalized spacial score (nSPS) is 11.8.